The van der Waals surface area contributed by atoms with Gasteiger partial charge in [0.25, 0.3) is 0 Å². The number of carbonyl (C=O) groups is 1. The molecule has 2 heterocycles. The quantitative estimate of drug-likeness (QED) is 0.422. The highest BCUT2D eigenvalue weighted by atomic mass is 16.1. The standard InChI is InChI=1S/C29H40N4O/c1-9-32-25(28(5,6)21(3)30-32)17-13-11-15-23-19-20-24(27(23)34)16-12-14-18-26-29(7,8)22(4)31-33(26)10-2/h11-18H,9-10,19-20H2,1-8H3/b13-11+,14-12+,23-15+,24-16+,25-17+,26-18+. The molecule has 182 valence electrons. The molecule has 0 N–H and O–H groups in total. The van der Waals surface area contributed by atoms with Gasteiger partial charge in [0.2, 0.25) is 0 Å². The number of allylic oxidation sites excluding steroid dienone is 12. The molecule has 5 heteroatoms. The summed E-state index contributed by atoms with van der Waals surface area (Å²) in [5, 5.41) is 13.4. The Labute approximate surface area is 205 Å². The highest BCUT2D eigenvalue weighted by molar-refractivity contribution is 6.11. The maximum atomic E-state index is 12.8. The summed E-state index contributed by atoms with van der Waals surface area (Å²) in [6, 6.07) is 0. The highest BCUT2D eigenvalue weighted by Gasteiger charge is 2.36. The van der Waals surface area contributed by atoms with Crippen molar-refractivity contribution in [2.75, 3.05) is 13.1 Å². The minimum atomic E-state index is -0.0685. The van der Waals surface area contributed by atoms with Gasteiger partial charge in [0.05, 0.1) is 0 Å². The summed E-state index contributed by atoms with van der Waals surface area (Å²) in [5.41, 5.74) is 6.23. The second-order valence-electron chi connectivity index (χ2n) is 10.1. The van der Waals surface area contributed by atoms with Gasteiger partial charge in [0.15, 0.2) is 5.78 Å². The van der Waals surface area contributed by atoms with Gasteiger partial charge in [-0.15, -0.1) is 0 Å². The fourth-order valence-corrected chi connectivity index (χ4v) is 4.46. The van der Waals surface area contributed by atoms with Gasteiger partial charge in [-0.3, -0.25) is 14.8 Å². The lowest BCUT2D eigenvalue weighted by molar-refractivity contribution is -0.111. The first-order chi connectivity index (χ1) is 16.0. The van der Waals surface area contributed by atoms with E-state index < -0.39 is 0 Å². The molecule has 0 aromatic carbocycles. The Balaban J connectivity index is 1.66. The first kappa shape index (κ1) is 25.7. The normalized spacial score (nSPS) is 27.0. The van der Waals surface area contributed by atoms with Gasteiger partial charge in [-0.25, -0.2) is 0 Å². The molecule has 2 aliphatic heterocycles. The molecule has 3 rings (SSSR count). The third kappa shape index (κ3) is 4.94. The van der Waals surface area contributed by atoms with Gasteiger partial charge in [-0.1, -0.05) is 36.5 Å². The topological polar surface area (TPSA) is 48.3 Å². The molecule has 0 aromatic rings. The van der Waals surface area contributed by atoms with Gasteiger partial charge >= 0.3 is 0 Å². The van der Waals surface area contributed by atoms with Crippen LogP contribution in [0, 0.1) is 10.8 Å². The summed E-state index contributed by atoms with van der Waals surface area (Å²) in [5.74, 6) is 0.153. The zero-order chi connectivity index (χ0) is 25.1. The van der Waals surface area contributed by atoms with E-state index in [0.717, 1.165) is 48.5 Å². The third-order valence-electron chi connectivity index (χ3n) is 7.36. The van der Waals surface area contributed by atoms with Crippen LogP contribution in [0.25, 0.3) is 0 Å². The van der Waals surface area contributed by atoms with Crippen LogP contribution in [0.4, 0.5) is 0 Å². The van der Waals surface area contributed by atoms with Crippen molar-refractivity contribution in [3.63, 3.8) is 0 Å². The van der Waals surface area contributed by atoms with Crippen LogP contribution in [-0.2, 0) is 4.79 Å². The Morgan fingerprint density at radius 3 is 1.41 bits per heavy atom. The van der Waals surface area contributed by atoms with Crippen LogP contribution in [0.5, 0.6) is 0 Å². The molecule has 5 nitrogen and oxygen atoms in total. The minimum Gasteiger partial charge on any atom is -0.289 e. The van der Waals surface area contributed by atoms with E-state index in [4.69, 9.17) is 0 Å². The second kappa shape index (κ2) is 10.1. The SMILES string of the molecule is CCN1N=C(C)C(C)(C)\C1=C/C=C/C=C1\CC\C(=C/C=C/C=C2/N(CC)N=C(C)C2(C)C)C1=O. The molecule has 0 aromatic heterocycles. The van der Waals surface area contributed by atoms with Gasteiger partial charge < -0.3 is 0 Å². The van der Waals surface area contributed by atoms with E-state index >= 15 is 0 Å². The molecular weight excluding hydrogens is 420 g/mol. The van der Waals surface area contributed by atoms with E-state index in [2.05, 4.69) is 87.8 Å². The van der Waals surface area contributed by atoms with Crippen LogP contribution < -0.4 is 0 Å². The van der Waals surface area contributed by atoms with Crippen molar-refractivity contribution < 1.29 is 4.79 Å². The summed E-state index contributed by atoms with van der Waals surface area (Å²) in [7, 11) is 0. The summed E-state index contributed by atoms with van der Waals surface area (Å²) in [6.07, 6.45) is 17.7. The van der Waals surface area contributed by atoms with Crippen LogP contribution in [0.2, 0.25) is 0 Å². The van der Waals surface area contributed by atoms with Gasteiger partial charge in [0.1, 0.15) is 0 Å². The summed E-state index contributed by atoms with van der Waals surface area (Å²) in [4.78, 5) is 12.8. The van der Waals surface area contributed by atoms with Crippen molar-refractivity contribution >= 4 is 17.2 Å². The molecule has 0 radical (unpaired) electrons. The van der Waals surface area contributed by atoms with Crippen molar-refractivity contribution in [1.82, 2.24) is 10.0 Å². The predicted molar refractivity (Wildman–Crippen MR) is 143 cm³/mol. The van der Waals surface area contributed by atoms with Crippen molar-refractivity contribution in [3.8, 4) is 0 Å². The number of rotatable bonds is 6. The zero-order valence-electron chi connectivity index (χ0n) is 22.1. The van der Waals surface area contributed by atoms with Gasteiger partial charge in [0, 0.05) is 57.9 Å². The lowest BCUT2D eigenvalue weighted by atomic mass is 9.85. The lowest BCUT2D eigenvalue weighted by Crippen LogP contribution is -2.24. The lowest BCUT2D eigenvalue weighted by Gasteiger charge is -2.24. The van der Waals surface area contributed by atoms with E-state index in [1.807, 2.05) is 36.5 Å². The highest BCUT2D eigenvalue weighted by Crippen LogP contribution is 2.38. The van der Waals surface area contributed by atoms with Crippen molar-refractivity contribution in [1.29, 1.82) is 0 Å². The predicted octanol–water partition coefficient (Wildman–Crippen LogP) is 6.56. The Bertz CT molecular complexity index is 989. The van der Waals surface area contributed by atoms with Crippen molar-refractivity contribution in [2.24, 2.45) is 21.0 Å². The molecule has 0 saturated heterocycles. The van der Waals surface area contributed by atoms with Gasteiger partial charge in [-0.2, -0.15) is 10.2 Å². The smallest absolute Gasteiger partial charge is 0.185 e. The number of Topliss-reactive ketones (excluding diaryl/α,β-unsaturated/α-hetero) is 1. The molecule has 0 bridgehead atoms. The minimum absolute atomic E-state index is 0.0685. The van der Waals surface area contributed by atoms with Crippen LogP contribution >= 0.6 is 0 Å². The van der Waals surface area contributed by atoms with E-state index in [-0.39, 0.29) is 16.6 Å². The average Bonchev–Trinajstić information content (AvgIpc) is 3.33. The largest absolute Gasteiger partial charge is 0.289 e. The number of carbonyl (C=O) groups excluding carboxylic acids is 1. The molecule has 0 atom stereocenters. The van der Waals surface area contributed by atoms with E-state index in [9.17, 15) is 4.79 Å². The monoisotopic (exact) mass is 460 g/mol. The first-order valence-corrected chi connectivity index (χ1v) is 12.4. The zero-order valence-corrected chi connectivity index (χ0v) is 22.1. The number of hydrogen-bond donors (Lipinski definition) is 0. The number of ketones is 1. The molecule has 34 heavy (non-hydrogen) atoms. The molecule has 0 amide bonds. The Morgan fingerprint density at radius 1 is 0.706 bits per heavy atom. The molecule has 1 saturated carbocycles. The van der Waals surface area contributed by atoms with Crippen LogP contribution in [0.3, 0.4) is 0 Å². The average molecular weight is 461 g/mol. The maximum absolute atomic E-state index is 12.8. The fourth-order valence-electron chi connectivity index (χ4n) is 4.46. The first-order valence-electron chi connectivity index (χ1n) is 12.4. The Hall–Kier alpha value is -2.95. The third-order valence-corrected chi connectivity index (χ3v) is 7.36. The Kier molecular flexibility index (Phi) is 7.64. The Morgan fingerprint density at radius 2 is 1.06 bits per heavy atom. The molecule has 1 fully saturated rings. The summed E-state index contributed by atoms with van der Waals surface area (Å²) in [6.45, 7) is 18.9. The number of nitrogens with zero attached hydrogens (tertiary/aromatic N) is 4. The van der Waals surface area contributed by atoms with Crippen molar-refractivity contribution in [2.45, 2.75) is 68.2 Å². The molecule has 0 unspecified atom stereocenters. The molecule has 3 aliphatic rings. The number of hydrazone groups is 2. The van der Waals surface area contributed by atoms with Crippen LogP contribution in [0.15, 0.2) is 81.4 Å². The maximum Gasteiger partial charge on any atom is 0.185 e. The molecule has 1 aliphatic carbocycles. The van der Waals surface area contributed by atoms with Crippen molar-refractivity contribution in [3.05, 3.63) is 71.1 Å². The van der Waals surface area contributed by atoms with E-state index in [0.29, 0.717) is 0 Å². The second-order valence-corrected chi connectivity index (χ2v) is 10.1. The van der Waals surface area contributed by atoms with E-state index in [1.54, 1.807) is 0 Å². The molecular formula is C29H40N4O. The fraction of sp³-hybridized carbons (Fsp3) is 0.483. The van der Waals surface area contributed by atoms with Crippen LogP contribution in [-0.4, -0.2) is 40.3 Å². The van der Waals surface area contributed by atoms with Crippen LogP contribution in [0.1, 0.15) is 68.2 Å². The van der Waals surface area contributed by atoms with E-state index in [1.165, 1.54) is 11.4 Å². The number of hydrogen-bond acceptors (Lipinski definition) is 5. The summed E-state index contributed by atoms with van der Waals surface area (Å²) >= 11 is 0. The molecule has 0 spiro atoms. The van der Waals surface area contributed by atoms with Gasteiger partial charge in [-0.05, 0) is 80.4 Å². The summed E-state index contributed by atoms with van der Waals surface area (Å²) < 4.78 is 0.